The SMILES string of the molecule is CC(C)(C)c1cccc(C2(c3cccc(C(C)(C)C)c3O)[C]CCCC2)c1O. The fraction of sp³-hybridized carbons (Fsp3) is 0.500. The Morgan fingerprint density at radius 2 is 1.21 bits per heavy atom. The molecule has 0 heterocycles. The molecule has 0 bridgehead atoms. The van der Waals surface area contributed by atoms with E-state index >= 15 is 0 Å². The number of para-hydroxylation sites is 2. The molecule has 1 aliphatic carbocycles. The number of rotatable bonds is 2. The van der Waals surface area contributed by atoms with Gasteiger partial charge in [0.05, 0.1) is 0 Å². The van der Waals surface area contributed by atoms with Crippen LogP contribution in [0.15, 0.2) is 36.4 Å². The van der Waals surface area contributed by atoms with Gasteiger partial charge in [0.2, 0.25) is 0 Å². The minimum absolute atomic E-state index is 0.161. The van der Waals surface area contributed by atoms with E-state index in [-0.39, 0.29) is 10.8 Å². The Hall–Kier alpha value is -1.96. The van der Waals surface area contributed by atoms with Crippen molar-refractivity contribution < 1.29 is 10.2 Å². The fourth-order valence-electron chi connectivity index (χ4n) is 4.50. The van der Waals surface area contributed by atoms with E-state index < -0.39 is 5.41 Å². The molecule has 2 N–H and O–H groups in total. The minimum Gasteiger partial charge on any atom is -0.507 e. The summed E-state index contributed by atoms with van der Waals surface area (Å²) in [6.45, 7) is 12.7. The summed E-state index contributed by atoms with van der Waals surface area (Å²) in [6, 6.07) is 12.1. The van der Waals surface area contributed by atoms with Crippen LogP contribution >= 0.6 is 0 Å². The van der Waals surface area contributed by atoms with Gasteiger partial charge < -0.3 is 10.2 Å². The zero-order chi connectivity index (χ0) is 20.7. The summed E-state index contributed by atoms with van der Waals surface area (Å²) in [4.78, 5) is 0. The second-order valence-electron chi connectivity index (χ2n) is 10.2. The van der Waals surface area contributed by atoms with Crippen LogP contribution < -0.4 is 0 Å². The molecular weight excluding hydrogens is 344 g/mol. The van der Waals surface area contributed by atoms with Crippen LogP contribution in [0.25, 0.3) is 0 Å². The Bertz CT molecular complexity index is 778. The minimum atomic E-state index is -0.588. The number of benzene rings is 2. The van der Waals surface area contributed by atoms with Crippen LogP contribution in [0.3, 0.4) is 0 Å². The van der Waals surface area contributed by atoms with Crippen molar-refractivity contribution in [2.24, 2.45) is 0 Å². The molecule has 28 heavy (non-hydrogen) atoms. The van der Waals surface area contributed by atoms with E-state index in [2.05, 4.69) is 48.0 Å². The molecule has 2 nitrogen and oxygen atoms in total. The van der Waals surface area contributed by atoms with Gasteiger partial charge in [0.15, 0.2) is 0 Å². The maximum absolute atomic E-state index is 11.3. The van der Waals surface area contributed by atoms with Crippen molar-refractivity contribution in [2.75, 3.05) is 0 Å². The molecule has 3 rings (SSSR count). The summed E-state index contributed by atoms with van der Waals surface area (Å²) in [6.07, 6.45) is 7.53. The van der Waals surface area contributed by atoms with Gasteiger partial charge in [-0.25, -0.2) is 0 Å². The van der Waals surface area contributed by atoms with Crippen LogP contribution in [0.5, 0.6) is 11.5 Å². The summed E-state index contributed by atoms with van der Waals surface area (Å²) in [5, 5.41) is 22.6. The first kappa shape index (κ1) is 20.8. The highest BCUT2D eigenvalue weighted by Gasteiger charge is 2.42. The Labute approximate surface area is 170 Å². The average Bonchev–Trinajstić information content (AvgIpc) is 2.60. The maximum Gasteiger partial charge on any atom is 0.123 e. The highest BCUT2D eigenvalue weighted by Crippen LogP contribution is 2.52. The van der Waals surface area contributed by atoms with E-state index in [0.29, 0.717) is 11.5 Å². The number of hydrogen-bond acceptors (Lipinski definition) is 2. The van der Waals surface area contributed by atoms with E-state index in [4.69, 9.17) is 0 Å². The molecule has 1 saturated carbocycles. The molecule has 150 valence electrons. The Kier molecular flexibility index (Phi) is 5.29. The molecule has 0 amide bonds. The van der Waals surface area contributed by atoms with Crippen LogP contribution in [0.4, 0.5) is 0 Å². The number of aromatic hydroxyl groups is 2. The molecular formula is C26H34O2. The summed E-state index contributed by atoms with van der Waals surface area (Å²) in [5.41, 5.74) is 2.68. The standard InChI is InChI=1S/C26H34O2/c1-24(2,3)18-12-10-14-20(22(18)27)26(16-8-7-9-17-26)21-15-11-13-19(23(21)28)25(4,5)6/h10-15,27-28H,7-9,16H2,1-6H3. The van der Waals surface area contributed by atoms with Crippen molar-refractivity contribution >= 4 is 0 Å². The van der Waals surface area contributed by atoms with Gasteiger partial charge in [-0.3, -0.25) is 0 Å². The monoisotopic (exact) mass is 378 g/mol. The van der Waals surface area contributed by atoms with Crippen molar-refractivity contribution in [1.82, 2.24) is 0 Å². The molecule has 1 fully saturated rings. The quantitative estimate of drug-likeness (QED) is 0.615. The lowest BCUT2D eigenvalue weighted by molar-refractivity contribution is 0.373. The average molecular weight is 379 g/mol. The summed E-state index contributed by atoms with van der Waals surface area (Å²) in [7, 11) is 0. The van der Waals surface area contributed by atoms with E-state index in [1.165, 1.54) is 0 Å². The molecule has 0 saturated heterocycles. The van der Waals surface area contributed by atoms with Gasteiger partial charge in [0.1, 0.15) is 11.5 Å². The maximum atomic E-state index is 11.3. The smallest absolute Gasteiger partial charge is 0.123 e. The second-order valence-corrected chi connectivity index (χ2v) is 10.2. The van der Waals surface area contributed by atoms with Crippen molar-refractivity contribution in [1.29, 1.82) is 0 Å². The second kappa shape index (κ2) is 7.13. The van der Waals surface area contributed by atoms with Crippen LogP contribution in [0.1, 0.15) is 89.5 Å². The third-order valence-electron chi connectivity index (χ3n) is 6.01. The topological polar surface area (TPSA) is 40.5 Å². The third kappa shape index (κ3) is 3.54. The van der Waals surface area contributed by atoms with Gasteiger partial charge >= 0.3 is 0 Å². The van der Waals surface area contributed by atoms with E-state index in [1.54, 1.807) is 0 Å². The Balaban J connectivity index is 2.28. The van der Waals surface area contributed by atoms with Crippen LogP contribution in [0, 0.1) is 6.42 Å². The van der Waals surface area contributed by atoms with Gasteiger partial charge in [0, 0.05) is 16.5 Å². The molecule has 0 atom stereocenters. The largest absolute Gasteiger partial charge is 0.507 e. The summed E-state index contributed by atoms with van der Waals surface area (Å²) < 4.78 is 0. The highest BCUT2D eigenvalue weighted by atomic mass is 16.3. The lowest BCUT2D eigenvalue weighted by atomic mass is 9.63. The zero-order valence-corrected chi connectivity index (χ0v) is 18.2. The lowest BCUT2D eigenvalue weighted by Gasteiger charge is -2.40. The van der Waals surface area contributed by atoms with Gasteiger partial charge in [-0.1, -0.05) is 90.8 Å². The molecule has 0 aliphatic heterocycles. The van der Waals surface area contributed by atoms with Crippen molar-refractivity contribution in [3.63, 3.8) is 0 Å². The number of phenols is 2. The Morgan fingerprint density at radius 3 is 1.57 bits per heavy atom. The molecule has 2 heteroatoms. The third-order valence-corrected chi connectivity index (χ3v) is 6.01. The fourth-order valence-corrected chi connectivity index (χ4v) is 4.50. The molecule has 2 aromatic carbocycles. The summed E-state index contributed by atoms with van der Waals surface area (Å²) in [5.74, 6) is 0.676. The summed E-state index contributed by atoms with van der Waals surface area (Å²) >= 11 is 0. The van der Waals surface area contributed by atoms with Crippen LogP contribution in [-0.2, 0) is 16.2 Å². The predicted octanol–water partition coefficient (Wildman–Crippen LogP) is 6.63. The van der Waals surface area contributed by atoms with Gasteiger partial charge in [-0.05, 0) is 41.2 Å². The normalized spacial score (nSPS) is 17.5. The molecule has 2 radical (unpaired) electrons. The van der Waals surface area contributed by atoms with Crippen LogP contribution in [0.2, 0.25) is 0 Å². The first-order valence-electron chi connectivity index (χ1n) is 10.4. The molecule has 0 unspecified atom stereocenters. The first-order valence-corrected chi connectivity index (χ1v) is 10.4. The van der Waals surface area contributed by atoms with Crippen molar-refractivity contribution in [3.8, 4) is 11.5 Å². The molecule has 0 spiro atoms. The first-order chi connectivity index (χ1) is 13.0. The molecule has 1 aliphatic rings. The number of hydrogen-bond donors (Lipinski definition) is 2. The van der Waals surface area contributed by atoms with Gasteiger partial charge in [-0.15, -0.1) is 0 Å². The van der Waals surface area contributed by atoms with Gasteiger partial charge in [0.25, 0.3) is 0 Å². The van der Waals surface area contributed by atoms with E-state index in [9.17, 15) is 10.2 Å². The lowest BCUT2D eigenvalue weighted by Crippen LogP contribution is -2.32. The molecule has 2 aromatic rings. The van der Waals surface area contributed by atoms with E-state index in [1.807, 2.05) is 36.4 Å². The van der Waals surface area contributed by atoms with E-state index in [0.717, 1.165) is 47.9 Å². The Morgan fingerprint density at radius 1 is 0.750 bits per heavy atom. The van der Waals surface area contributed by atoms with Crippen LogP contribution in [-0.4, -0.2) is 10.2 Å². The van der Waals surface area contributed by atoms with Crippen molar-refractivity contribution in [3.05, 3.63) is 65.1 Å². The van der Waals surface area contributed by atoms with Gasteiger partial charge in [-0.2, -0.15) is 0 Å². The highest BCUT2D eigenvalue weighted by molar-refractivity contribution is 5.59. The zero-order valence-electron chi connectivity index (χ0n) is 18.2. The number of phenolic OH excluding ortho intramolecular Hbond substituents is 2. The molecule has 0 aromatic heterocycles. The predicted molar refractivity (Wildman–Crippen MR) is 116 cm³/mol. The van der Waals surface area contributed by atoms with Crippen molar-refractivity contribution in [2.45, 2.75) is 83.5 Å².